The van der Waals surface area contributed by atoms with Gasteiger partial charge in [0.15, 0.2) is 0 Å². The first-order valence-corrected chi connectivity index (χ1v) is 6.71. The molecule has 0 fully saturated rings. The lowest BCUT2D eigenvalue weighted by molar-refractivity contribution is 0.208. The van der Waals surface area contributed by atoms with E-state index in [1.165, 1.54) is 0 Å². The Kier molecular flexibility index (Phi) is 3.70. The second-order valence-corrected chi connectivity index (χ2v) is 5.64. The maximum absolute atomic E-state index is 10.4. The first-order valence-electron chi connectivity index (χ1n) is 5.12. The lowest BCUT2D eigenvalue weighted by atomic mass is 10.0. The van der Waals surface area contributed by atoms with Crippen molar-refractivity contribution < 1.29 is 5.11 Å². The van der Waals surface area contributed by atoms with Gasteiger partial charge in [0.1, 0.15) is 6.10 Å². The molecule has 0 radical (unpaired) electrons. The minimum absolute atomic E-state index is 0.703. The summed E-state index contributed by atoms with van der Waals surface area (Å²) in [6.45, 7) is 2.00. The van der Waals surface area contributed by atoms with Gasteiger partial charge in [-0.2, -0.15) is 5.10 Å². The average molecular weight is 360 g/mol. The summed E-state index contributed by atoms with van der Waals surface area (Å²) in [4.78, 5) is 0. The SMILES string of the molecule is Cc1ccc(Br)c(C(O)c2c(Br)cnn2C)c1. The number of hydrogen-bond acceptors (Lipinski definition) is 2. The number of hydrogen-bond donors (Lipinski definition) is 1. The van der Waals surface area contributed by atoms with Gasteiger partial charge in [0.25, 0.3) is 0 Å². The Morgan fingerprint density at radius 3 is 2.59 bits per heavy atom. The predicted octanol–water partition coefficient (Wildman–Crippen LogP) is 3.34. The van der Waals surface area contributed by atoms with Crippen LogP contribution in [-0.2, 0) is 7.05 Å². The second-order valence-electron chi connectivity index (χ2n) is 3.93. The van der Waals surface area contributed by atoms with Crippen molar-refractivity contribution in [3.8, 4) is 0 Å². The summed E-state index contributed by atoms with van der Waals surface area (Å²) in [7, 11) is 1.81. The van der Waals surface area contributed by atoms with E-state index < -0.39 is 6.10 Å². The van der Waals surface area contributed by atoms with E-state index in [9.17, 15) is 5.11 Å². The van der Waals surface area contributed by atoms with Gasteiger partial charge < -0.3 is 5.11 Å². The van der Waals surface area contributed by atoms with Crippen molar-refractivity contribution in [2.75, 3.05) is 0 Å². The minimum atomic E-state index is -0.703. The summed E-state index contributed by atoms with van der Waals surface area (Å²) in [6, 6.07) is 5.91. The van der Waals surface area contributed by atoms with Crippen molar-refractivity contribution in [3.63, 3.8) is 0 Å². The van der Waals surface area contributed by atoms with Crippen molar-refractivity contribution in [2.45, 2.75) is 13.0 Å². The second kappa shape index (κ2) is 4.92. The zero-order chi connectivity index (χ0) is 12.6. The Hall–Kier alpha value is -0.650. The molecule has 0 aliphatic heterocycles. The summed E-state index contributed by atoms with van der Waals surface area (Å²) in [5.74, 6) is 0. The van der Waals surface area contributed by atoms with Crippen LogP contribution in [0.15, 0.2) is 33.3 Å². The van der Waals surface area contributed by atoms with Crippen LogP contribution in [0.5, 0.6) is 0 Å². The van der Waals surface area contributed by atoms with Gasteiger partial charge >= 0.3 is 0 Å². The molecule has 5 heteroatoms. The number of nitrogens with zero attached hydrogens (tertiary/aromatic N) is 2. The quantitative estimate of drug-likeness (QED) is 0.892. The molecule has 1 aromatic heterocycles. The van der Waals surface area contributed by atoms with E-state index in [1.54, 1.807) is 10.9 Å². The topological polar surface area (TPSA) is 38.1 Å². The molecule has 1 N–H and O–H groups in total. The Balaban J connectivity index is 2.50. The smallest absolute Gasteiger partial charge is 0.123 e. The molecule has 0 saturated heterocycles. The van der Waals surface area contributed by atoms with Crippen LogP contribution in [-0.4, -0.2) is 14.9 Å². The van der Waals surface area contributed by atoms with Crippen LogP contribution >= 0.6 is 31.9 Å². The molecule has 1 unspecified atom stereocenters. The lowest BCUT2D eigenvalue weighted by Gasteiger charge is -2.14. The van der Waals surface area contributed by atoms with Gasteiger partial charge in [0.2, 0.25) is 0 Å². The fourth-order valence-electron chi connectivity index (χ4n) is 1.75. The predicted molar refractivity (Wildman–Crippen MR) is 73.8 cm³/mol. The van der Waals surface area contributed by atoms with E-state index in [4.69, 9.17) is 0 Å². The van der Waals surface area contributed by atoms with E-state index >= 15 is 0 Å². The molecule has 2 aromatic rings. The van der Waals surface area contributed by atoms with Crippen molar-refractivity contribution in [3.05, 3.63) is 50.2 Å². The van der Waals surface area contributed by atoms with Gasteiger partial charge in [-0.25, -0.2) is 0 Å². The van der Waals surface area contributed by atoms with Gasteiger partial charge in [-0.3, -0.25) is 4.68 Å². The van der Waals surface area contributed by atoms with Crippen LogP contribution in [0.1, 0.15) is 22.9 Å². The number of rotatable bonds is 2. The van der Waals surface area contributed by atoms with Gasteiger partial charge in [0.05, 0.1) is 16.4 Å². The highest BCUT2D eigenvalue weighted by atomic mass is 79.9. The molecular weight excluding hydrogens is 348 g/mol. The molecule has 0 spiro atoms. The van der Waals surface area contributed by atoms with Crippen LogP contribution in [0.25, 0.3) is 0 Å². The summed E-state index contributed by atoms with van der Waals surface area (Å²) in [5, 5.41) is 14.5. The van der Waals surface area contributed by atoms with Gasteiger partial charge in [-0.1, -0.05) is 33.6 Å². The monoisotopic (exact) mass is 358 g/mol. The molecule has 1 aromatic carbocycles. The maximum Gasteiger partial charge on any atom is 0.123 e. The zero-order valence-corrected chi connectivity index (χ0v) is 12.7. The van der Waals surface area contributed by atoms with Gasteiger partial charge in [-0.05, 0) is 28.9 Å². The van der Waals surface area contributed by atoms with Crippen LogP contribution < -0.4 is 0 Å². The van der Waals surface area contributed by atoms with Crippen molar-refractivity contribution in [1.82, 2.24) is 9.78 Å². The fraction of sp³-hybridized carbons (Fsp3) is 0.250. The minimum Gasteiger partial charge on any atom is -0.382 e. The fourth-order valence-corrected chi connectivity index (χ4v) is 2.78. The number of benzene rings is 1. The highest BCUT2D eigenvalue weighted by Gasteiger charge is 2.20. The molecule has 0 bridgehead atoms. The number of aliphatic hydroxyl groups is 1. The van der Waals surface area contributed by atoms with Crippen LogP contribution in [0.2, 0.25) is 0 Å². The van der Waals surface area contributed by atoms with Crippen LogP contribution in [0, 0.1) is 6.92 Å². The lowest BCUT2D eigenvalue weighted by Crippen LogP contribution is -2.08. The summed E-state index contributed by atoms with van der Waals surface area (Å²) in [6.07, 6.45) is 0.980. The molecule has 0 aliphatic carbocycles. The molecule has 0 aliphatic rings. The third kappa shape index (κ3) is 2.46. The molecule has 2 rings (SSSR count). The number of halogens is 2. The molecule has 0 amide bonds. The Morgan fingerprint density at radius 1 is 1.29 bits per heavy atom. The van der Waals surface area contributed by atoms with E-state index in [-0.39, 0.29) is 0 Å². The Labute approximate surface area is 117 Å². The molecule has 0 saturated carbocycles. The summed E-state index contributed by atoms with van der Waals surface area (Å²) < 4.78 is 3.37. The van der Waals surface area contributed by atoms with Gasteiger partial charge in [0, 0.05) is 17.1 Å². The number of aromatic nitrogens is 2. The van der Waals surface area contributed by atoms with E-state index in [1.807, 2.05) is 32.2 Å². The highest BCUT2D eigenvalue weighted by molar-refractivity contribution is 9.10. The standard InChI is InChI=1S/C12H12Br2N2O/c1-7-3-4-9(13)8(5-7)12(17)11-10(14)6-15-16(11)2/h3-6,12,17H,1-2H3. The molecule has 1 heterocycles. The Bertz CT molecular complexity index is 532. The van der Waals surface area contributed by atoms with Crippen LogP contribution in [0.3, 0.4) is 0 Å². The summed E-state index contributed by atoms with van der Waals surface area (Å²) >= 11 is 6.86. The van der Waals surface area contributed by atoms with Crippen molar-refractivity contribution in [1.29, 1.82) is 0 Å². The normalized spacial score (nSPS) is 12.8. The molecule has 90 valence electrons. The molecule has 17 heavy (non-hydrogen) atoms. The maximum atomic E-state index is 10.4. The molecule has 1 atom stereocenters. The van der Waals surface area contributed by atoms with Crippen molar-refractivity contribution >= 4 is 31.9 Å². The van der Waals surface area contributed by atoms with E-state index in [0.29, 0.717) is 0 Å². The number of aliphatic hydroxyl groups excluding tert-OH is 1. The molecular formula is C12H12Br2N2O. The molecule has 3 nitrogen and oxygen atoms in total. The highest BCUT2D eigenvalue weighted by Crippen LogP contribution is 2.32. The van der Waals surface area contributed by atoms with Crippen molar-refractivity contribution in [2.24, 2.45) is 7.05 Å². The van der Waals surface area contributed by atoms with E-state index in [2.05, 4.69) is 37.0 Å². The third-order valence-electron chi connectivity index (χ3n) is 2.64. The zero-order valence-electron chi connectivity index (χ0n) is 9.48. The Morgan fingerprint density at radius 2 is 2.00 bits per heavy atom. The largest absolute Gasteiger partial charge is 0.382 e. The third-order valence-corrected chi connectivity index (χ3v) is 3.98. The number of aryl methyl sites for hydroxylation is 2. The first kappa shape index (κ1) is 12.8. The average Bonchev–Trinajstić information content (AvgIpc) is 2.61. The van der Waals surface area contributed by atoms with Crippen LogP contribution in [0.4, 0.5) is 0 Å². The van der Waals surface area contributed by atoms with E-state index in [0.717, 1.165) is 25.8 Å². The summed E-state index contributed by atoms with van der Waals surface area (Å²) in [5.41, 5.74) is 2.70. The first-order chi connectivity index (χ1) is 8.00. The van der Waals surface area contributed by atoms with Gasteiger partial charge in [-0.15, -0.1) is 0 Å².